The topological polar surface area (TPSA) is 72.8 Å². The number of hydrogen-bond acceptors (Lipinski definition) is 5. The van der Waals surface area contributed by atoms with Crippen LogP contribution in [0.2, 0.25) is 0 Å². The van der Waals surface area contributed by atoms with Crippen LogP contribution in [0.4, 0.5) is 0 Å². The van der Waals surface area contributed by atoms with Gasteiger partial charge in [0.05, 0.1) is 6.61 Å². The van der Waals surface area contributed by atoms with Crippen LogP contribution in [0.25, 0.3) is 0 Å². The van der Waals surface area contributed by atoms with E-state index in [2.05, 4.69) is 38.2 Å². The van der Waals surface area contributed by atoms with Crippen molar-refractivity contribution in [2.75, 3.05) is 13.2 Å². The molecule has 56 heavy (non-hydrogen) atoms. The van der Waals surface area contributed by atoms with Crippen molar-refractivity contribution in [3.05, 3.63) is 24.3 Å². The zero-order valence-corrected chi connectivity index (χ0v) is 37.7. The van der Waals surface area contributed by atoms with Crippen molar-refractivity contribution in [2.24, 2.45) is 0 Å². The Hall–Kier alpha value is -1.62. The fourth-order valence-corrected chi connectivity index (χ4v) is 7.43. The third-order valence-electron chi connectivity index (χ3n) is 11.2. The van der Waals surface area contributed by atoms with Gasteiger partial charge in [-0.3, -0.25) is 9.59 Å². The second kappa shape index (κ2) is 47.8. The van der Waals surface area contributed by atoms with Crippen LogP contribution in [0.15, 0.2) is 24.3 Å². The molecule has 0 amide bonds. The van der Waals surface area contributed by atoms with E-state index in [9.17, 15) is 14.7 Å². The molecule has 0 aromatic rings. The monoisotopic (exact) mass is 789 g/mol. The first-order valence-corrected chi connectivity index (χ1v) is 24.9. The number of rotatable bonds is 46. The number of carbonyl (C=O) groups is 2. The molecular formula is C51H96O5. The third kappa shape index (κ3) is 45.1. The standard InChI is InChI=1S/C51H96O5/c1-3-5-7-9-11-13-15-17-19-21-23-25-27-29-31-33-35-37-39-41-43-45-50(53)55-48-49(47-52)56-51(54)46-44-42-40-38-36-34-32-30-28-26-24-22-20-18-16-14-12-10-8-6-4-2/h17-20,49,52H,3-16,21-48H2,1-2H3. The van der Waals surface area contributed by atoms with Gasteiger partial charge in [-0.2, -0.15) is 0 Å². The Balaban J connectivity index is 3.47. The van der Waals surface area contributed by atoms with Gasteiger partial charge in [-0.05, 0) is 64.2 Å². The lowest BCUT2D eigenvalue weighted by Crippen LogP contribution is -2.28. The first kappa shape index (κ1) is 54.4. The van der Waals surface area contributed by atoms with Crippen LogP contribution in [0.3, 0.4) is 0 Å². The summed E-state index contributed by atoms with van der Waals surface area (Å²) in [4.78, 5) is 24.4. The van der Waals surface area contributed by atoms with Crippen molar-refractivity contribution < 1.29 is 24.2 Å². The maximum absolute atomic E-state index is 12.3. The molecule has 0 aliphatic carbocycles. The van der Waals surface area contributed by atoms with Crippen molar-refractivity contribution in [3.63, 3.8) is 0 Å². The van der Waals surface area contributed by atoms with Gasteiger partial charge in [0.15, 0.2) is 6.10 Å². The van der Waals surface area contributed by atoms with E-state index in [1.54, 1.807) is 0 Å². The maximum Gasteiger partial charge on any atom is 0.306 e. The molecule has 0 saturated carbocycles. The Morgan fingerprint density at radius 2 is 0.661 bits per heavy atom. The molecule has 330 valence electrons. The van der Waals surface area contributed by atoms with Gasteiger partial charge in [-0.15, -0.1) is 0 Å². The van der Waals surface area contributed by atoms with Gasteiger partial charge in [0.25, 0.3) is 0 Å². The molecule has 0 spiro atoms. The zero-order chi connectivity index (χ0) is 40.7. The normalized spacial score (nSPS) is 12.3. The number of esters is 2. The summed E-state index contributed by atoms with van der Waals surface area (Å²) >= 11 is 0. The highest BCUT2D eigenvalue weighted by molar-refractivity contribution is 5.70. The highest BCUT2D eigenvalue weighted by Gasteiger charge is 2.16. The SMILES string of the molecule is CCCCCCCCC=CCCCCCCCCCCCCCC(=O)OCC(CO)OC(=O)CCCCCCCCCCCCCC=CCCCCCCCC. The Bertz CT molecular complexity index is 851. The summed E-state index contributed by atoms with van der Waals surface area (Å²) in [5.41, 5.74) is 0. The molecule has 1 atom stereocenters. The quantitative estimate of drug-likeness (QED) is 0.0378. The van der Waals surface area contributed by atoms with Gasteiger partial charge in [0, 0.05) is 12.8 Å². The summed E-state index contributed by atoms with van der Waals surface area (Å²) < 4.78 is 10.7. The number of hydrogen-bond donors (Lipinski definition) is 1. The highest BCUT2D eigenvalue weighted by atomic mass is 16.6. The molecule has 0 radical (unpaired) electrons. The minimum Gasteiger partial charge on any atom is -0.462 e. The van der Waals surface area contributed by atoms with E-state index in [0.29, 0.717) is 12.8 Å². The predicted molar refractivity (Wildman–Crippen MR) is 242 cm³/mol. The van der Waals surface area contributed by atoms with Gasteiger partial charge >= 0.3 is 11.9 Å². The fourth-order valence-electron chi connectivity index (χ4n) is 7.43. The summed E-state index contributed by atoms with van der Waals surface area (Å²) in [6.07, 6.45) is 58.4. The van der Waals surface area contributed by atoms with Crippen molar-refractivity contribution in [1.29, 1.82) is 0 Å². The molecular weight excluding hydrogens is 693 g/mol. The molecule has 0 heterocycles. The van der Waals surface area contributed by atoms with E-state index in [1.807, 2.05) is 0 Å². The molecule has 5 nitrogen and oxygen atoms in total. The lowest BCUT2D eigenvalue weighted by molar-refractivity contribution is -0.161. The summed E-state index contributed by atoms with van der Waals surface area (Å²) in [5, 5.41) is 9.62. The van der Waals surface area contributed by atoms with Crippen LogP contribution in [-0.2, 0) is 19.1 Å². The van der Waals surface area contributed by atoms with Crippen molar-refractivity contribution >= 4 is 11.9 Å². The van der Waals surface area contributed by atoms with E-state index in [1.165, 1.54) is 205 Å². The van der Waals surface area contributed by atoms with Gasteiger partial charge < -0.3 is 14.6 Å². The summed E-state index contributed by atoms with van der Waals surface area (Å²) in [7, 11) is 0. The first-order chi connectivity index (χ1) is 27.6. The first-order valence-electron chi connectivity index (χ1n) is 24.9. The van der Waals surface area contributed by atoms with E-state index in [-0.39, 0.29) is 25.2 Å². The average molecular weight is 789 g/mol. The van der Waals surface area contributed by atoms with Crippen molar-refractivity contribution in [3.8, 4) is 0 Å². The molecule has 0 aromatic carbocycles. The minimum atomic E-state index is -0.769. The van der Waals surface area contributed by atoms with Gasteiger partial charge in [0.2, 0.25) is 0 Å². The van der Waals surface area contributed by atoms with Crippen LogP contribution < -0.4 is 0 Å². The van der Waals surface area contributed by atoms with Crippen molar-refractivity contribution in [2.45, 2.75) is 277 Å². The highest BCUT2D eigenvalue weighted by Crippen LogP contribution is 2.16. The van der Waals surface area contributed by atoms with Gasteiger partial charge in [0.1, 0.15) is 6.61 Å². The molecule has 0 saturated heterocycles. The number of aliphatic hydroxyl groups excluding tert-OH is 1. The summed E-state index contributed by atoms with van der Waals surface area (Å²) in [6.45, 7) is 4.17. The summed E-state index contributed by atoms with van der Waals surface area (Å²) in [5.74, 6) is -0.579. The Labute approximate surface area is 349 Å². The molecule has 1 unspecified atom stereocenters. The summed E-state index contributed by atoms with van der Waals surface area (Å²) in [6, 6.07) is 0. The van der Waals surface area contributed by atoms with E-state index < -0.39 is 6.10 Å². The third-order valence-corrected chi connectivity index (χ3v) is 11.2. The molecule has 0 aromatic heterocycles. The van der Waals surface area contributed by atoms with Crippen LogP contribution >= 0.6 is 0 Å². The Kier molecular flexibility index (Phi) is 46.4. The van der Waals surface area contributed by atoms with Crippen LogP contribution in [0.5, 0.6) is 0 Å². The number of carbonyl (C=O) groups excluding carboxylic acids is 2. The number of ether oxygens (including phenoxy) is 2. The molecule has 5 heteroatoms. The molecule has 0 fully saturated rings. The minimum absolute atomic E-state index is 0.0621. The lowest BCUT2D eigenvalue weighted by atomic mass is 10.0. The second-order valence-corrected chi connectivity index (χ2v) is 16.9. The second-order valence-electron chi connectivity index (χ2n) is 16.9. The van der Waals surface area contributed by atoms with Crippen LogP contribution in [0, 0.1) is 0 Å². The molecule has 0 aliphatic rings. The maximum atomic E-state index is 12.3. The Morgan fingerprint density at radius 1 is 0.393 bits per heavy atom. The molecule has 0 rings (SSSR count). The molecule has 0 aliphatic heterocycles. The molecule has 1 N–H and O–H groups in total. The zero-order valence-electron chi connectivity index (χ0n) is 37.7. The number of allylic oxidation sites excluding steroid dienone is 4. The predicted octanol–water partition coefficient (Wildman–Crippen LogP) is 16.2. The van der Waals surface area contributed by atoms with Gasteiger partial charge in [-0.25, -0.2) is 0 Å². The van der Waals surface area contributed by atoms with Crippen LogP contribution in [0.1, 0.15) is 271 Å². The largest absolute Gasteiger partial charge is 0.462 e. The smallest absolute Gasteiger partial charge is 0.306 e. The lowest BCUT2D eigenvalue weighted by Gasteiger charge is -2.15. The van der Waals surface area contributed by atoms with Crippen molar-refractivity contribution in [1.82, 2.24) is 0 Å². The molecule has 0 bridgehead atoms. The van der Waals surface area contributed by atoms with E-state index >= 15 is 0 Å². The van der Waals surface area contributed by atoms with Gasteiger partial charge in [-0.1, -0.05) is 218 Å². The van der Waals surface area contributed by atoms with Crippen LogP contribution in [-0.4, -0.2) is 36.4 Å². The van der Waals surface area contributed by atoms with E-state index in [0.717, 1.165) is 38.5 Å². The fraction of sp³-hybridized carbons (Fsp3) is 0.882. The van der Waals surface area contributed by atoms with E-state index in [4.69, 9.17) is 9.47 Å². The number of aliphatic hydroxyl groups is 1. The average Bonchev–Trinajstić information content (AvgIpc) is 3.20. The number of unbranched alkanes of at least 4 members (excludes halogenated alkanes) is 34. The Morgan fingerprint density at radius 3 is 0.964 bits per heavy atom.